The SMILES string of the molecule is Cn1ncc(-c2c(O)ccc3cc(Cl)ccc23)c1N. The van der Waals surface area contributed by atoms with E-state index >= 15 is 0 Å². The monoisotopic (exact) mass is 273 g/mol. The summed E-state index contributed by atoms with van der Waals surface area (Å²) in [6.45, 7) is 0. The lowest BCUT2D eigenvalue weighted by Crippen LogP contribution is -1.98. The van der Waals surface area contributed by atoms with Gasteiger partial charge in [0, 0.05) is 23.2 Å². The van der Waals surface area contributed by atoms with E-state index in [1.165, 1.54) is 0 Å². The highest BCUT2D eigenvalue weighted by Crippen LogP contribution is 2.39. The van der Waals surface area contributed by atoms with Crippen molar-refractivity contribution in [3.63, 3.8) is 0 Å². The van der Waals surface area contributed by atoms with Crippen molar-refractivity contribution in [1.29, 1.82) is 0 Å². The predicted molar refractivity (Wildman–Crippen MR) is 77.2 cm³/mol. The zero-order valence-electron chi connectivity index (χ0n) is 10.3. The Bertz CT molecular complexity index is 780. The molecular formula is C14H12ClN3O. The number of rotatable bonds is 1. The maximum Gasteiger partial charge on any atom is 0.129 e. The van der Waals surface area contributed by atoms with Gasteiger partial charge in [0.05, 0.1) is 6.20 Å². The minimum atomic E-state index is 0.175. The number of nitrogens with zero attached hydrogens (tertiary/aromatic N) is 2. The largest absolute Gasteiger partial charge is 0.507 e. The van der Waals surface area contributed by atoms with Gasteiger partial charge >= 0.3 is 0 Å². The van der Waals surface area contributed by atoms with Gasteiger partial charge < -0.3 is 10.8 Å². The maximum absolute atomic E-state index is 10.1. The molecule has 5 heteroatoms. The van der Waals surface area contributed by atoms with E-state index in [4.69, 9.17) is 17.3 Å². The normalized spacial score (nSPS) is 11.1. The Labute approximate surface area is 115 Å². The van der Waals surface area contributed by atoms with E-state index < -0.39 is 0 Å². The molecule has 0 spiro atoms. The zero-order valence-corrected chi connectivity index (χ0v) is 11.0. The molecule has 0 aliphatic carbocycles. The number of aryl methyl sites for hydroxylation is 1. The van der Waals surface area contributed by atoms with Crippen LogP contribution in [0.5, 0.6) is 5.75 Å². The molecule has 96 valence electrons. The van der Waals surface area contributed by atoms with Gasteiger partial charge in [-0.3, -0.25) is 4.68 Å². The minimum absolute atomic E-state index is 0.175. The second-order valence-electron chi connectivity index (χ2n) is 4.39. The molecule has 0 radical (unpaired) electrons. The average Bonchev–Trinajstić information content (AvgIpc) is 2.71. The van der Waals surface area contributed by atoms with Gasteiger partial charge in [-0.1, -0.05) is 23.7 Å². The first-order chi connectivity index (χ1) is 9.08. The Morgan fingerprint density at radius 2 is 2.05 bits per heavy atom. The molecule has 0 saturated heterocycles. The summed E-state index contributed by atoms with van der Waals surface area (Å²) in [4.78, 5) is 0. The molecule has 3 rings (SSSR count). The molecule has 0 atom stereocenters. The standard InChI is InChI=1S/C14H12ClN3O/c1-18-14(16)11(7-17-18)13-10-4-3-9(15)6-8(10)2-5-12(13)19/h2-7,19H,16H2,1H3. The zero-order chi connectivity index (χ0) is 13.6. The first-order valence-corrected chi connectivity index (χ1v) is 6.15. The fraction of sp³-hybridized carbons (Fsp3) is 0.0714. The second-order valence-corrected chi connectivity index (χ2v) is 4.83. The third kappa shape index (κ3) is 1.81. The van der Waals surface area contributed by atoms with Crippen LogP contribution in [0.15, 0.2) is 36.5 Å². The van der Waals surface area contributed by atoms with Gasteiger partial charge in [0.15, 0.2) is 0 Å². The molecule has 2 aromatic carbocycles. The van der Waals surface area contributed by atoms with Crippen LogP contribution in [0.2, 0.25) is 5.02 Å². The van der Waals surface area contributed by atoms with Crippen LogP contribution in [-0.4, -0.2) is 14.9 Å². The summed E-state index contributed by atoms with van der Waals surface area (Å²) in [6.07, 6.45) is 1.65. The molecule has 1 aromatic heterocycles. The molecule has 0 aliphatic heterocycles. The molecular weight excluding hydrogens is 262 g/mol. The maximum atomic E-state index is 10.1. The summed E-state index contributed by atoms with van der Waals surface area (Å²) in [5.74, 6) is 0.687. The number of benzene rings is 2. The van der Waals surface area contributed by atoms with Crippen LogP contribution in [0.25, 0.3) is 21.9 Å². The van der Waals surface area contributed by atoms with E-state index in [2.05, 4.69) is 5.10 Å². The molecule has 19 heavy (non-hydrogen) atoms. The number of hydrogen-bond donors (Lipinski definition) is 2. The number of hydrogen-bond acceptors (Lipinski definition) is 3. The van der Waals surface area contributed by atoms with Crippen LogP contribution in [0.4, 0.5) is 5.82 Å². The minimum Gasteiger partial charge on any atom is -0.507 e. The first-order valence-electron chi connectivity index (χ1n) is 5.77. The molecule has 4 nitrogen and oxygen atoms in total. The molecule has 0 amide bonds. The summed E-state index contributed by atoms with van der Waals surface area (Å²) in [7, 11) is 1.76. The van der Waals surface area contributed by atoms with Crippen molar-refractivity contribution in [3.05, 3.63) is 41.6 Å². The molecule has 0 bridgehead atoms. The molecule has 3 N–H and O–H groups in total. The molecule has 0 aliphatic rings. The van der Waals surface area contributed by atoms with Crippen LogP contribution in [0.1, 0.15) is 0 Å². The summed E-state index contributed by atoms with van der Waals surface area (Å²) >= 11 is 5.99. The van der Waals surface area contributed by atoms with Crippen molar-refractivity contribution in [1.82, 2.24) is 9.78 Å². The Kier molecular flexibility index (Phi) is 2.61. The Morgan fingerprint density at radius 3 is 2.74 bits per heavy atom. The topological polar surface area (TPSA) is 64.1 Å². The first kappa shape index (κ1) is 11.9. The van der Waals surface area contributed by atoms with Gasteiger partial charge in [-0.05, 0) is 29.0 Å². The Balaban J connectivity index is 2.39. The van der Waals surface area contributed by atoms with Crippen molar-refractivity contribution < 1.29 is 5.11 Å². The van der Waals surface area contributed by atoms with Crippen LogP contribution in [-0.2, 0) is 7.05 Å². The number of aromatic nitrogens is 2. The molecule has 3 aromatic rings. The number of nitrogens with two attached hydrogens (primary N) is 1. The van der Waals surface area contributed by atoms with Crippen molar-refractivity contribution in [3.8, 4) is 16.9 Å². The number of nitrogen functional groups attached to an aromatic ring is 1. The summed E-state index contributed by atoms with van der Waals surface area (Å²) < 4.78 is 1.57. The van der Waals surface area contributed by atoms with Gasteiger partial charge in [0.2, 0.25) is 0 Å². The highest BCUT2D eigenvalue weighted by Gasteiger charge is 2.15. The smallest absolute Gasteiger partial charge is 0.129 e. The number of phenolic OH excluding ortho intramolecular Hbond substituents is 1. The van der Waals surface area contributed by atoms with Gasteiger partial charge in [-0.2, -0.15) is 5.10 Å². The lowest BCUT2D eigenvalue weighted by Gasteiger charge is -2.09. The third-order valence-corrected chi connectivity index (χ3v) is 3.45. The second kappa shape index (κ2) is 4.17. The lowest BCUT2D eigenvalue weighted by atomic mass is 9.99. The Hall–Kier alpha value is -2.20. The third-order valence-electron chi connectivity index (χ3n) is 3.21. The summed E-state index contributed by atoms with van der Waals surface area (Å²) in [6, 6.07) is 8.98. The van der Waals surface area contributed by atoms with Gasteiger partial charge in [-0.25, -0.2) is 0 Å². The van der Waals surface area contributed by atoms with E-state index in [-0.39, 0.29) is 5.75 Å². The van der Waals surface area contributed by atoms with Gasteiger partial charge in [0.25, 0.3) is 0 Å². The molecule has 0 saturated carbocycles. The number of aromatic hydroxyl groups is 1. The van der Waals surface area contributed by atoms with Crippen LogP contribution in [0, 0.1) is 0 Å². The van der Waals surface area contributed by atoms with E-state index in [1.807, 2.05) is 18.2 Å². The van der Waals surface area contributed by atoms with Crippen LogP contribution < -0.4 is 5.73 Å². The number of phenols is 1. The number of halogens is 1. The Morgan fingerprint density at radius 1 is 1.26 bits per heavy atom. The molecule has 0 unspecified atom stereocenters. The van der Waals surface area contributed by atoms with E-state index in [0.717, 1.165) is 10.8 Å². The van der Waals surface area contributed by atoms with E-state index in [0.29, 0.717) is 22.0 Å². The van der Waals surface area contributed by atoms with Gasteiger partial charge in [0.1, 0.15) is 11.6 Å². The molecule has 1 heterocycles. The average molecular weight is 274 g/mol. The highest BCUT2D eigenvalue weighted by atomic mass is 35.5. The summed E-state index contributed by atoms with van der Waals surface area (Å²) in [5.41, 5.74) is 7.38. The number of anilines is 1. The van der Waals surface area contributed by atoms with Crippen LogP contribution >= 0.6 is 11.6 Å². The lowest BCUT2D eigenvalue weighted by molar-refractivity contribution is 0.478. The van der Waals surface area contributed by atoms with Crippen LogP contribution in [0.3, 0.4) is 0 Å². The highest BCUT2D eigenvalue weighted by molar-refractivity contribution is 6.31. The van der Waals surface area contributed by atoms with Crippen molar-refractivity contribution in [2.75, 3.05) is 5.73 Å². The predicted octanol–water partition coefficient (Wildman–Crippen LogP) is 3.18. The van der Waals surface area contributed by atoms with E-state index in [1.54, 1.807) is 30.1 Å². The molecule has 0 fully saturated rings. The van der Waals surface area contributed by atoms with E-state index in [9.17, 15) is 5.11 Å². The van der Waals surface area contributed by atoms with Crippen molar-refractivity contribution >= 4 is 28.2 Å². The fourth-order valence-corrected chi connectivity index (χ4v) is 2.39. The fourth-order valence-electron chi connectivity index (χ4n) is 2.21. The van der Waals surface area contributed by atoms with Crippen molar-refractivity contribution in [2.45, 2.75) is 0 Å². The number of fused-ring (bicyclic) bond motifs is 1. The van der Waals surface area contributed by atoms with Crippen molar-refractivity contribution in [2.24, 2.45) is 7.05 Å². The summed E-state index contributed by atoms with van der Waals surface area (Å²) in [5, 5.41) is 16.7. The quantitative estimate of drug-likeness (QED) is 0.716. The van der Waals surface area contributed by atoms with Gasteiger partial charge in [-0.15, -0.1) is 0 Å².